The van der Waals surface area contributed by atoms with Gasteiger partial charge in [-0.05, 0) is 13.3 Å². The number of Topliss-reactive ketones (excluding diaryl/α,β-unsaturated/α-hetero) is 1. The Balaban J connectivity index is 0. The van der Waals surface area contributed by atoms with Crippen molar-refractivity contribution in [2.75, 3.05) is 6.61 Å². The molecule has 0 radical (unpaired) electrons. The summed E-state index contributed by atoms with van der Waals surface area (Å²) in [5, 5.41) is 8.48. The number of aliphatic hydroxyl groups excluding tert-OH is 1. The molecule has 0 heterocycles. The van der Waals surface area contributed by atoms with E-state index in [1.54, 1.807) is 0 Å². The van der Waals surface area contributed by atoms with Crippen LogP contribution in [-0.4, -0.2) is 17.5 Å². The first-order chi connectivity index (χ1) is 3.72. The highest BCUT2D eigenvalue weighted by atomic mass is 16.3. The molecule has 1 unspecified atom stereocenters. The van der Waals surface area contributed by atoms with Crippen LogP contribution in [0.15, 0.2) is 0 Å². The van der Waals surface area contributed by atoms with E-state index >= 15 is 0 Å². The molecule has 0 aliphatic heterocycles. The Hall–Kier alpha value is -0.370. The van der Waals surface area contributed by atoms with Gasteiger partial charge in [0.25, 0.3) is 0 Å². The quantitative estimate of drug-likeness (QED) is 0.627. The van der Waals surface area contributed by atoms with Crippen molar-refractivity contribution in [2.45, 2.75) is 27.7 Å². The number of hydrogen-bond acceptors (Lipinski definition) is 2. The number of ketones is 1. The molecule has 0 bridgehead atoms. The smallest absolute Gasteiger partial charge is 0.135 e. The van der Waals surface area contributed by atoms with Crippen LogP contribution in [0.4, 0.5) is 0 Å². The molecule has 0 fully saturated rings. The van der Waals surface area contributed by atoms with Gasteiger partial charge in [0.05, 0.1) is 6.61 Å². The molecular formula is C7H16O2. The lowest BCUT2D eigenvalue weighted by atomic mass is 10.0. The van der Waals surface area contributed by atoms with Crippen molar-refractivity contribution in [1.82, 2.24) is 0 Å². The van der Waals surface area contributed by atoms with Crippen LogP contribution in [0.2, 0.25) is 0 Å². The Morgan fingerprint density at radius 3 is 2.11 bits per heavy atom. The van der Waals surface area contributed by atoms with Gasteiger partial charge >= 0.3 is 0 Å². The van der Waals surface area contributed by atoms with Crippen LogP contribution in [0, 0.1) is 5.92 Å². The van der Waals surface area contributed by atoms with E-state index in [1.807, 2.05) is 6.92 Å². The molecule has 0 aromatic heterocycles. The van der Waals surface area contributed by atoms with Crippen LogP contribution in [0.3, 0.4) is 0 Å². The van der Waals surface area contributed by atoms with Crippen molar-refractivity contribution >= 4 is 5.78 Å². The fourth-order valence-corrected chi connectivity index (χ4v) is 0.545. The fraction of sp³-hybridized carbons (Fsp3) is 0.857. The maximum absolute atomic E-state index is 10.4. The van der Waals surface area contributed by atoms with E-state index in [1.165, 1.54) is 6.92 Å². The third kappa shape index (κ3) is 4.15. The molecule has 56 valence electrons. The Kier molecular flexibility index (Phi) is 7.32. The number of carbonyl (C=O) groups excluding carboxylic acids is 1. The molecule has 1 N–H and O–H groups in total. The standard InChI is InChI=1S/C6H12O2.CH4/c1-3-6(4-7)5(2)8;/h6-7H,3-4H2,1-2H3;1H4. The topological polar surface area (TPSA) is 37.3 Å². The third-order valence-electron chi connectivity index (χ3n) is 1.29. The summed E-state index contributed by atoms with van der Waals surface area (Å²) in [5.74, 6) is -0.0509. The van der Waals surface area contributed by atoms with Gasteiger partial charge in [-0.25, -0.2) is 0 Å². The molecule has 0 aliphatic carbocycles. The monoisotopic (exact) mass is 132 g/mol. The Morgan fingerprint density at radius 1 is 1.67 bits per heavy atom. The minimum Gasteiger partial charge on any atom is -0.396 e. The number of carbonyl (C=O) groups is 1. The number of rotatable bonds is 3. The van der Waals surface area contributed by atoms with Crippen LogP contribution >= 0.6 is 0 Å². The van der Waals surface area contributed by atoms with Gasteiger partial charge in [0.15, 0.2) is 0 Å². The van der Waals surface area contributed by atoms with Crippen LogP contribution in [0.25, 0.3) is 0 Å². The number of aliphatic hydroxyl groups is 1. The zero-order chi connectivity index (χ0) is 6.57. The summed E-state index contributed by atoms with van der Waals surface area (Å²) in [4.78, 5) is 10.4. The van der Waals surface area contributed by atoms with E-state index in [4.69, 9.17) is 5.11 Å². The highest BCUT2D eigenvalue weighted by molar-refractivity contribution is 5.78. The van der Waals surface area contributed by atoms with Crippen LogP contribution in [-0.2, 0) is 4.79 Å². The maximum Gasteiger partial charge on any atom is 0.135 e. The first-order valence-electron chi connectivity index (χ1n) is 2.83. The van der Waals surface area contributed by atoms with Crippen molar-refractivity contribution in [1.29, 1.82) is 0 Å². The lowest BCUT2D eigenvalue weighted by Crippen LogP contribution is -2.13. The second kappa shape index (κ2) is 5.76. The lowest BCUT2D eigenvalue weighted by molar-refractivity contribution is -0.121. The fourth-order valence-electron chi connectivity index (χ4n) is 0.545. The molecule has 0 saturated heterocycles. The molecule has 0 spiro atoms. The Labute approximate surface area is 56.9 Å². The SMILES string of the molecule is C.CCC(CO)C(C)=O. The van der Waals surface area contributed by atoms with Gasteiger partial charge in [0, 0.05) is 5.92 Å². The molecule has 0 aromatic rings. The van der Waals surface area contributed by atoms with Gasteiger partial charge in [-0.2, -0.15) is 0 Å². The Bertz CT molecular complexity index is 75.0. The zero-order valence-corrected chi connectivity index (χ0v) is 5.35. The van der Waals surface area contributed by atoms with Gasteiger partial charge in [0.2, 0.25) is 0 Å². The molecule has 9 heavy (non-hydrogen) atoms. The van der Waals surface area contributed by atoms with E-state index in [0.29, 0.717) is 0 Å². The van der Waals surface area contributed by atoms with Gasteiger partial charge in [-0.3, -0.25) is 4.79 Å². The van der Waals surface area contributed by atoms with Gasteiger partial charge in [-0.15, -0.1) is 0 Å². The highest BCUT2D eigenvalue weighted by Crippen LogP contribution is 2.00. The molecule has 2 nitrogen and oxygen atoms in total. The lowest BCUT2D eigenvalue weighted by Gasteiger charge is -2.03. The summed E-state index contributed by atoms with van der Waals surface area (Å²) in [6.07, 6.45) is 0.742. The summed E-state index contributed by atoms with van der Waals surface area (Å²) >= 11 is 0. The molecule has 0 saturated carbocycles. The van der Waals surface area contributed by atoms with E-state index in [0.717, 1.165) is 6.42 Å². The number of hydrogen-bond donors (Lipinski definition) is 1. The Morgan fingerprint density at radius 2 is 2.11 bits per heavy atom. The normalized spacial score (nSPS) is 11.9. The maximum atomic E-state index is 10.4. The molecule has 0 rings (SSSR count). The summed E-state index contributed by atoms with van der Waals surface area (Å²) in [6.45, 7) is 3.39. The van der Waals surface area contributed by atoms with Crippen molar-refractivity contribution < 1.29 is 9.90 Å². The van der Waals surface area contributed by atoms with Crippen LogP contribution in [0.1, 0.15) is 27.7 Å². The summed E-state index contributed by atoms with van der Waals surface area (Å²) < 4.78 is 0. The third-order valence-corrected chi connectivity index (χ3v) is 1.29. The van der Waals surface area contributed by atoms with Gasteiger partial charge < -0.3 is 5.11 Å². The van der Waals surface area contributed by atoms with Gasteiger partial charge in [-0.1, -0.05) is 14.4 Å². The second-order valence-electron chi connectivity index (χ2n) is 1.90. The molecule has 0 amide bonds. The molecule has 0 aliphatic rings. The van der Waals surface area contributed by atoms with Gasteiger partial charge in [0.1, 0.15) is 5.78 Å². The zero-order valence-electron chi connectivity index (χ0n) is 5.35. The predicted octanol–water partition coefficient (Wildman–Crippen LogP) is 1.23. The second-order valence-corrected chi connectivity index (χ2v) is 1.90. The summed E-state index contributed by atoms with van der Waals surface area (Å²) in [6, 6.07) is 0. The van der Waals surface area contributed by atoms with Crippen molar-refractivity contribution in [3.8, 4) is 0 Å². The predicted molar refractivity (Wildman–Crippen MR) is 38.3 cm³/mol. The average molecular weight is 132 g/mol. The molecule has 2 heteroatoms. The van der Waals surface area contributed by atoms with E-state index in [-0.39, 0.29) is 25.7 Å². The molecular weight excluding hydrogens is 116 g/mol. The molecule has 0 aromatic carbocycles. The minimum atomic E-state index is -0.130. The van der Waals surface area contributed by atoms with E-state index in [2.05, 4.69) is 0 Å². The van der Waals surface area contributed by atoms with E-state index < -0.39 is 0 Å². The highest BCUT2D eigenvalue weighted by Gasteiger charge is 2.07. The first-order valence-corrected chi connectivity index (χ1v) is 2.83. The van der Waals surface area contributed by atoms with Crippen molar-refractivity contribution in [3.05, 3.63) is 0 Å². The minimum absolute atomic E-state index is 0. The van der Waals surface area contributed by atoms with E-state index in [9.17, 15) is 4.79 Å². The van der Waals surface area contributed by atoms with Crippen LogP contribution < -0.4 is 0 Å². The average Bonchev–Trinajstić information content (AvgIpc) is 1.69. The first kappa shape index (κ1) is 11.4. The molecule has 1 atom stereocenters. The largest absolute Gasteiger partial charge is 0.396 e. The van der Waals surface area contributed by atoms with Crippen molar-refractivity contribution in [3.63, 3.8) is 0 Å². The summed E-state index contributed by atoms with van der Waals surface area (Å²) in [7, 11) is 0. The van der Waals surface area contributed by atoms with Crippen molar-refractivity contribution in [2.24, 2.45) is 5.92 Å². The summed E-state index contributed by atoms with van der Waals surface area (Å²) in [5.41, 5.74) is 0. The van der Waals surface area contributed by atoms with Crippen LogP contribution in [0.5, 0.6) is 0 Å².